The summed E-state index contributed by atoms with van der Waals surface area (Å²) in [5.41, 5.74) is 6.74. The molecule has 1 heterocycles. The monoisotopic (exact) mass is 394 g/mol. The Morgan fingerprint density at radius 1 is 1.10 bits per heavy atom. The Kier molecular flexibility index (Phi) is 5.88. The summed E-state index contributed by atoms with van der Waals surface area (Å²) in [7, 11) is 1.54. The molecule has 0 radical (unpaired) electrons. The number of primary amides is 1. The fourth-order valence-electron chi connectivity index (χ4n) is 2.60. The topological polar surface area (TPSA) is 126 Å². The van der Waals surface area contributed by atoms with Crippen LogP contribution in [0.2, 0.25) is 0 Å². The molecule has 0 aliphatic heterocycles. The van der Waals surface area contributed by atoms with E-state index < -0.39 is 24.5 Å². The van der Waals surface area contributed by atoms with Gasteiger partial charge in [0.25, 0.3) is 5.91 Å². The van der Waals surface area contributed by atoms with Gasteiger partial charge in [-0.25, -0.2) is 14.3 Å². The Bertz CT molecular complexity index is 1050. The number of para-hydroxylation sites is 1. The molecule has 1 aromatic heterocycles. The number of carbonyl (C=O) groups is 3. The SMILES string of the molecule is COc1cccc(-c2nn(-c3ccccc3)cc2C(=O)OCC(=O)NC(N)=O)c1. The number of methoxy groups -OCH3 is 1. The van der Waals surface area contributed by atoms with Crippen molar-refractivity contribution < 1.29 is 23.9 Å². The zero-order chi connectivity index (χ0) is 20.8. The third-order valence-corrected chi connectivity index (χ3v) is 3.90. The van der Waals surface area contributed by atoms with E-state index in [1.54, 1.807) is 24.3 Å². The van der Waals surface area contributed by atoms with Gasteiger partial charge in [-0.2, -0.15) is 5.10 Å². The molecule has 3 aromatic rings. The van der Waals surface area contributed by atoms with Crippen LogP contribution in [0, 0.1) is 0 Å². The van der Waals surface area contributed by atoms with Crippen LogP contribution in [0.15, 0.2) is 60.8 Å². The van der Waals surface area contributed by atoms with E-state index >= 15 is 0 Å². The van der Waals surface area contributed by atoms with Crippen molar-refractivity contribution in [2.45, 2.75) is 0 Å². The number of aromatic nitrogens is 2. The van der Waals surface area contributed by atoms with E-state index in [4.69, 9.17) is 15.2 Å². The predicted octanol–water partition coefficient (Wildman–Crippen LogP) is 1.90. The van der Waals surface area contributed by atoms with Crippen LogP contribution in [0.25, 0.3) is 16.9 Å². The molecule has 0 atom stereocenters. The van der Waals surface area contributed by atoms with Crippen LogP contribution in [0.5, 0.6) is 5.75 Å². The van der Waals surface area contributed by atoms with Crippen molar-refractivity contribution in [2.24, 2.45) is 5.73 Å². The molecule has 29 heavy (non-hydrogen) atoms. The van der Waals surface area contributed by atoms with Crippen molar-refractivity contribution in [3.63, 3.8) is 0 Å². The minimum Gasteiger partial charge on any atom is -0.497 e. The molecule has 3 N–H and O–H groups in total. The van der Waals surface area contributed by atoms with Crippen LogP contribution >= 0.6 is 0 Å². The molecule has 0 spiro atoms. The van der Waals surface area contributed by atoms with Crippen molar-refractivity contribution >= 4 is 17.9 Å². The van der Waals surface area contributed by atoms with E-state index in [1.165, 1.54) is 18.0 Å². The van der Waals surface area contributed by atoms with E-state index in [0.29, 0.717) is 17.0 Å². The van der Waals surface area contributed by atoms with E-state index in [2.05, 4.69) is 5.10 Å². The highest BCUT2D eigenvalue weighted by atomic mass is 16.5. The number of amides is 3. The van der Waals surface area contributed by atoms with Gasteiger partial charge in [-0.3, -0.25) is 10.1 Å². The summed E-state index contributed by atoms with van der Waals surface area (Å²) in [6.07, 6.45) is 1.51. The highest BCUT2D eigenvalue weighted by molar-refractivity contribution is 5.99. The number of carbonyl (C=O) groups excluding carboxylic acids is 3. The van der Waals surface area contributed by atoms with Crippen LogP contribution in [-0.4, -0.2) is 41.4 Å². The summed E-state index contributed by atoms with van der Waals surface area (Å²) in [6.45, 7) is -0.657. The van der Waals surface area contributed by atoms with Crippen molar-refractivity contribution in [3.05, 3.63) is 66.4 Å². The normalized spacial score (nSPS) is 10.2. The maximum atomic E-state index is 12.6. The zero-order valence-corrected chi connectivity index (χ0v) is 15.5. The average Bonchev–Trinajstić information content (AvgIpc) is 3.18. The summed E-state index contributed by atoms with van der Waals surface area (Å²) < 4.78 is 11.8. The summed E-state index contributed by atoms with van der Waals surface area (Å²) in [6, 6.07) is 15.2. The number of benzene rings is 2. The van der Waals surface area contributed by atoms with Gasteiger partial charge in [-0.1, -0.05) is 30.3 Å². The lowest BCUT2D eigenvalue weighted by molar-refractivity contribution is -0.123. The van der Waals surface area contributed by atoms with Gasteiger partial charge < -0.3 is 15.2 Å². The molecular formula is C20H18N4O5. The number of hydrogen-bond acceptors (Lipinski definition) is 6. The summed E-state index contributed by atoms with van der Waals surface area (Å²) in [5.74, 6) is -1.01. The Hall–Kier alpha value is -4.14. The van der Waals surface area contributed by atoms with Crippen LogP contribution in [0.3, 0.4) is 0 Å². The molecule has 0 bridgehead atoms. The van der Waals surface area contributed by atoms with Crippen molar-refractivity contribution in [1.29, 1.82) is 0 Å². The third-order valence-electron chi connectivity index (χ3n) is 3.90. The molecule has 3 rings (SSSR count). The number of urea groups is 1. The van der Waals surface area contributed by atoms with Crippen molar-refractivity contribution in [2.75, 3.05) is 13.7 Å². The maximum absolute atomic E-state index is 12.6. The third kappa shape index (κ3) is 4.78. The van der Waals surface area contributed by atoms with Gasteiger partial charge in [0.15, 0.2) is 6.61 Å². The second-order valence-corrected chi connectivity index (χ2v) is 5.89. The van der Waals surface area contributed by atoms with Gasteiger partial charge in [0.1, 0.15) is 17.0 Å². The largest absolute Gasteiger partial charge is 0.497 e. The molecule has 2 aromatic carbocycles. The molecule has 3 amide bonds. The zero-order valence-electron chi connectivity index (χ0n) is 15.5. The number of rotatable bonds is 6. The second-order valence-electron chi connectivity index (χ2n) is 5.89. The van der Waals surface area contributed by atoms with Gasteiger partial charge in [0, 0.05) is 11.8 Å². The number of nitrogens with zero attached hydrogens (tertiary/aromatic N) is 2. The molecule has 0 fully saturated rings. The van der Waals surface area contributed by atoms with Crippen molar-refractivity contribution in [3.8, 4) is 22.7 Å². The lowest BCUT2D eigenvalue weighted by Crippen LogP contribution is -2.37. The van der Waals surface area contributed by atoms with Crippen LogP contribution < -0.4 is 15.8 Å². The molecule has 0 unspecified atom stereocenters. The molecule has 0 saturated carbocycles. The molecule has 148 valence electrons. The van der Waals surface area contributed by atoms with E-state index in [-0.39, 0.29) is 5.56 Å². The first-order valence-electron chi connectivity index (χ1n) is 8.54. The summed E-state index contributed by atoms with van der Waals surface area (Å²) in [5, 5.41) is 6.34. The summed E-state index contributed by atoms with van der Waals surface area (Å²) in [4.78, 5) is 34.9. The van der Waals surface area contributed by atoms with Gasteiger partial charge in [0.2, 0.25) is 0 Å². The lowest BCUT2D eigenvalue weighted by Gasteiger charge is -2.06. The van der Waals surface area contributed by atoms with Gasteiger partial charge >= 0.3 is 12.0 Å². The van der Waals surface area contributed by atoms with E-state index in [0.717, 1.165) is 5.69 Å². The smallest absolute Gasteiger partial charge is 0.342 e. The molecule has 0 aliphatic rings. The van der Waals surface area contributed by atoms with Gasteiger partial charge in [0.05, 0.1) is 12.8 Å². The Labute approximate surface area is 166 Å². The number of ether oxygens (including phenoxy) is 2. The first-order valence-corrected chi connectivity index (χ1v) is 8.54. The highest BCUT2D eigenvalue weighted by Crippen LogP contribution is 2.27. The Morgan fingerprint density at radius 3 is 2.55 bits per heavy atom. The summed E-state index contributed by atoms with van der Waals surface area (Å²) >= 11 is 0. The van der Waals surface area contributed by atoms with E-state index in [1.807, 2.05) is 35.6 Å². The number of hydrogen-bond donors (Lipinski definition) is 2. The molecular weight excluding hydrogens is 376 g/mol. The van der Waals surface area contributed by atoms with E-state index in [9.17, 15) is 14.4 Å². The minimum atomic E-state index is -1.03. The molecule has 0 aliphatic carbocycles. The fraction of sp³-hybridized carbons (Fsp3) is 0.100. The second kappa shape index (κ2) is 8.70. The lowest BCUT2D eigenvalue weighted by atomic mass is 10.1. The average molecular weight is 394 g/mol. The quantitative estimate of drug-likeness (QED) is 0.615. The number of esters is 1. The Morgan fingerprint density at radius 2 is 1.86 bits per heavy atom. The number of imide groups is 1. The predicted molar refractivity (Wildman–Crippen MR) is 104 cm³/mol. The fourth-order valence-corrected chi connectivity index (χ4v) is 2.60. The highest BCUT2D eigenvalue weighted by Gasteiger charge is 2.21. The molecule has 0 saturated heterocycles. The van der Waals surface area contributed by atoms with Gasteiger partial charge in [-0.15, -0.1) is 0 Å². The minimum absolute atomic E-state index is 0.147. The van der Waals surface area contributed by atoms with Gasteiger partial charge in [-0.05, 0) is 24.3 Å². The first kappa shape index (κ1) is 19.6. The van der Waals surface area contributed by atoms with Crippen LogP contribution in [-0.2, 0) is 9.53 Å². The van der Waals surface area contributed by atoms with Crippen LogP contribution in [0.4, 0.5) is 4.79 Å². The van der Waals surface area contributed by atoms with Crippen molar-refractivity contribution in [1.82, 2.24) is 15.1 Å². The van der Waals surface area contributed by atoms with Crippen LogP contribution in [0.1, 0.15) is 10.4 Å². The number of nitrogens with two attached hydrogens (primary N) is 1. The Balaban J connectivity index is 1.95. The standard InChI is InChI=1S/C20H18N4O5/c1-28-15-9-5-6-13(10-15)18-16(19(26)29-12-17(25)22-20(21)27)11-24(23-18)14-7-3-2-4-8-14/h2-11H,12H2,1H3,(H3,21,22,25,27). The first-order chi connectivity index (χ1) is 14.0. The maximum Gasteiger partial charge on any atom is 0.342 e. The molecule has 9 heteroatoms. The molecule has 9 nitrogen and oxygen atoms in total. The number of nitrogens with one attached hydrogen (secondary N) is 1.